The molecule has 0 bridgehead atoms. The van der Waals surface area contributed by atoms with Crippen LogP contribution in [0.2, 0.25) is 0 Å². The number of halogens is 1. The summed E-state index contributed by atoms with van der Waals surface area (Å²) in [6.45, 7) is 5.65. The topological polar surface area (TPSA) is 49.4 Å². The van der Waals surface area contributed by atoms with E-state index in [1.165, 1.54) is 18.0 Å². The van der Waals surface area contributed by atoms with Crippen molar-refractivity contribution in [2.75, 3.05) is 7.05 Å². The summed E-state index contributed by atoms with van der Waals surface area (Å²) in [4.78, 5) is 26.5. The van der Waals surface area contributed by atoms with Gasteiger partial charge in [-0.3, -0.25) is 9.59 Å². The lowest BCUT2D eigenvalue weighted by molar-refractivity contribution is -0.139. The van der Waals surface area contributed by atoms with Gasteiger partial charge in [-0.1, -0.05) is 47.5 Å². The van der Waals surface area contributed by atoms with E-state index in [1.807, 2.05) is 32.0 Å². The minimum Gasteiger partial charge on any atom is -0.357 e. The molecular weight excluding hydrogens is 331 g/mol. The molecule has 26 heavy (non-hydrogen) atoms. The Bertz CT molecular complexity index is 784. The first-order valence-corrected chi connectivity index (χ1v) is 8.63. The van der Waals surface area contributed by atoms with Gasteiger partial charge < -0.3 is 10.2 Å². The smallest absolute Gasteiger partial charge is 0.242 e. The van der Waals surface area contributed by atoms with Gasteiger partial charge in [-0.2, -0.15) is 0 Å². The maximum atomic E-state index is 14.1. The van der Waals surface area contributed by atoms with Gasteiger partial charge in [0.05, 0.1) is 6.42 Å². The number of hydrogen-bond acceptors (Lipinski definition) is 2. The first kappa shape index (κ1) is 19.6. The van der Waals surface area contributed by atoms with Gasteiger partial charge in [-0.15, -0.1) is 0 Å². The summed E-state index contributed by atoms with van der Waals surface area (Å²) in [7, 11) is 1.52. The number of benzene rings is 2. The summed E-state index contributed by atoms with van der Waals surface area (Å²) in [6.07, 6.45) is 0.165. The second kappa shape index (κ2) is 8.61. The third kappa shape index (κ3) is 4.91. The largest absolute Gasteiger partial charge is 0.357 e. The fourth-order valence-corrected chi connectivity index (χ4v) is 3.05. The number of amides is 2. The van der Waals surface area contributed by atoms with E-state index >= 15 is 0 Å². The van der Waals surface area contributed by atoms with Crippen LogP contribution in [0.1, 0.15) is 29.2 Å². The van der Waals surface area contributed by atoms with Crippen molar-refractivity contribution in [3.8, 4) is 0 Å². The van der Waals surface area contributed by atoms with Crippen molar-refractivity contribution >= 4 is 11.8 Å². The predicted molar refractivity (Wildman–Crippen MR) is 100 cm³/mol. The zero-order valence-electron chi connectivity index (χ0n) is 15.7. The standard InChI is InChI=1S/C21H25FN2O2/c1-14-9-15(2)11-17(10-14)12-20(25)24(16(3)21(26)23-4)13-18-7-5-6-8-19(18)22/h5-11,16H,12-13H2,1-4H3,(H,23,26)/t16-/m0/s1. The summed E-state index contributed by atoms with van der Waals surface area (Å²) in [5.41, 5.74) is 3.42. The van der Waals surface area contributed by atoms with Gasteiger partial charge in [-0.05, 0) is 32.4 Å². The molecule has 0 heterocycles. The van der Waals surface area contributed by atoms with E-state index in [9.17, 15) is 14.0 Å². The summed E-state index contributed by atoms with van der Waals surface area (Å²) in [5.74, 6) is -0.884. The second-order valence-electron chi connectivity index (χ2n) is 6.58. The SMILES string of the molecule is CNC(=O)[C@H](C)N(Cc1ccccc1F)C(=O)Cc1cc(C)cc(C)c1. The Morgan fingerprint density at radius 1 is 1.12 bits per heavy atom. The minimum atomic E-state index is -0.696. The molecule has 0 aromatic heterocycles. The lowest BCUT2D eigenvalue weighted by atomic mass is 10.0. The molecule has 2 rings (SSSR count). The zero-order valence-corrected chi connectivity index (χ0v) is 15.7. The normalized spacial score (nSPS) is 11.7. The van der Waals surface area contributed by atoms with Crippen molar-refractivity contribution in [3.05, 3.63) is 70.5 Å². The molecule has 0 spiro atoms. The Hall–Kier alpha value is -2.69. The Morgan fingerprint density at radius 2 is 1.73 bits per heavy atom. The fourth-order valence-electron chi connectivity index (χ4n) is 3.05. The molecule has 0 fully saturated rings. The number of carbonyl (C=O) groups is 2. The lowest BCUT2D eigenvalue weighted by Gasteiger charge is -2.28. The summed E-state index contributed by atoms with van der Waals surface area (Å²) in [6, 6.07) is 11.6. The first-order chi connectivity index (χ1) is 12.3. The van der Waals surface area contributed by atoms with Crippen molar-refractivity contribution < 1.29 is 14.0 Å². The molecule has 0 saturated heterocycles. The highest BCUT2D eigenvalue weighted by Crippen LogP contribution is 2.16. The third-order valence-electron chi connectivity index (χ3n) is 4.35. The van der Waals surface area contributed by atoms with Crippen LogP contribution < -0.4 is 5.32 Å². The highest BCUT2D eigenvalue weighted by Gasteiger charge is 2.26. The van der Waals surface area contributed by atoms with E-state index in [1.54, 1.807) is 25.1 Å². The lowest BCUT2D eigenvalue weighted by Crippen LogP contribution is -2.47. The molecule has 1 atom stereocenters. The van der Waals surface area contributed by atoms with Gasteiger partial charge in [0, 0.05) is 19.2 Å². The number of hydrogen-bond donors (Lipinski definition) is 1. The van der Waals surface area contributed by atoms with Crippen molar-refractivity contribution in [1.29, 1.82) is 0 Å². The molecule has 138 valence electrons. The number of carbonyl (C=O) groups excluding carboxylic acids is 2. The second-order valence-corrected chi connectivity index (χ2v) is 6.58. The molecule has 2 aromatic carbocycles. The summed E-state index contributed by atoms with van der Waals surface area (Å²) >= 11 is 0. The van der Waals surface area contributed by atoms with Gasteiger partial charge in [0.2, 0.25) is 11.8 Å². The average Bonchev–Trinajstić information content (AvgIpc) is 2.58. The van der Waals surface area contributed by atoms with Crippen LogP contribution in [-0.2, 0) is 22.6 Å². The zero-order chi connectivity index (χ0) is 19.3. The van der Waals surface area contributed by atoms with Gasteiger partial charge in [0.25, 0.3) is 0 Å². The van der Waals surface area contributed by atoms with Crippen LogP contribution in [0.25, 0.3) is 0 Å². The molecule has 4 nitrogen and oxygen atoms in total. The number of likely N-dealkylation sites (N-methyl/N-ethyl adjacent to an activating group) is 1. The molecular formula is C21H25FN2O2. The van der Waals surface area contributed by atoms with Crippen molar-refractivity contribution in [2.45, 2.75) is 39.8 Å². The maximum Gasteiger partial charge on any atom is 0.242 e. The van der Waals surface area contributed by atoms with Gasteiger partial charge in [0.15, 0.2) is 0 Å². The van der Waals surface area contributed by atoms with Crippen LogP contribution in [0.15, 0.2) is 42.5 Å². The molecule has 5 heteroatoms. The van der Waals surface area contributed by atoms with Gasteiger partial charge in [-0.25, -0.2) is 4.39 Å². The maximum absolute atomic E-state index is 14.1. The summed E-state index contributed by atoms with van der Waals surface area (Å²) < 4.78 is 14.1. The Labute approximate surface area is 154 Å². The molecule has 0 aliphatic carbocycles. The molecule has 0 saturated carbocycles. The molecule has 2 aromatic rings. The first-order valence-electron chi connectivity index (χ1n) is 8.63. The van der Waals surface area contributed by atoms with E-state index in [2.05, 4.69) is 5.32 Å². The number of rotatable bonds is 6. The molecule has 0 unspecified atom stereocenters. The fraction of sp³-hybridized carbons (Fsp3) is 0.333. The number of aryl methyl sites for hydroxylation is 2. The van der Waals surface area contributed by atoms with Crippen LogP contribution >= 0.6 is 0 Å². The quantitative estimate of drug-likeness (QED) is 0.864. The molecule has 1 N–H and O–H groups in total. The van der Waals surface area contributed by atoms with Crippen LogP contribution in [0.4, 0.5) is 4.39 Å². The van der Waals surface area contributed by atoms with Gasteiger partial charge in [0.1, 0.15) is 11.9 Å². The molecule has 0 radical (unpaired) electrons. The van der Waals surface area contributed by atoms with Crippen molar-refractivity contribution in [1.82, 2.24) is 10.2 Å². The van der Waals surface area contributed by atoms with Crippen LogP contribution in [0, 0.1) is 19.7 Å². The number of nitrogens with one attached hydrogen (secondary N) is 1. The molecule has 2 amide bonds. The van der Waals surface area contributed by atoms with E-state index < -0.39 is 6.04 Å². The number of nitrogens with zero attached hydrogens (tertiary/aromatic N) is 1. The molecule has 0 aliphatic heterocycles. The van der Waals surface area contributed by atoms with Crippen LogP contribution in [0.5, 0.6) is 0 Å². The summed E-state index contributed by atoms with van der Waals surface area (Å²) in [5, 5.41) is 2.56. The van der Waals surface area contributed by atoms with E-state index in [0.717, 1.165) is 16.7 Å². The van der Waals surface area contributed by atoms with Crippen LogP contribution in [0.3, 0.4) is 0 Å². The highest BCUT2D eigenvalue weighted by atomic mass is 19.1. The average molecular weight is 356 g/mol. The highest BCUT2D eigenvalue weighted by molar-refractivity contribution is 5.88. The van der Waals surface area contributed by atoms with E-state index in [4.69, 9.17) is 0 Å². The molecule has 0 aliphatic rings. The predicted octanol–water partition coefficient (Wildman–Crippen LogP) is 3.15. The monoisotopic (exact) mass is 356 g/mol. The Morgan fingerprint density at radius 3 is 2.31 bits per heavy atom. The van der Waals surface area contributed by atoms with Gasteiger partial charge >= 0.3 is 0 Å². The Kier molecular flexibility index (Phi) is 6.50. The van der Waals surface area contributed by atoms with Crippen molar-refractivity contribution in [3.63, 3.8) is 0 Å². The third-order valence-corrected chi connectivity index (χ3v) is 4.35. The van der Waals surface area contributed by atoms with E-state index in [-0.39, 0.29) is 30.6 Å². The van der Waals surface area contributed by atoms with E-state index in [0.29, 0.717) is 5.56 Å². The Balaban J connectivity index is 2.28. The van der Waals surface area contributed by atoms with Crippen molar-refractivity contribution in [2.24, 2.45) is 0 Å². The van der Waals surface area contributed by atoms with Crippen LogP contribution in [-0.4, -0.2) is 29.8 Å². The minimum absolute atomic E-state index is 0.0465.